The van der Waals surface area contributed by atoms with Gasteiger partial charge in [-0.2, -0.15) is 0 Å². The Kier molecular flexibility index (Phi) is 5.73. The van der Waals surface area contributed by atoms with Crippen LogP contribution in [0.15, 0.2) is 95.5 Å². The number of carbonyl (C=O) groups excluding carboxylic acids is 1. The van der Waals surface area contributed by atoms with Gasteiger partial charge in [0.25, 0.3) is 5.91 Å². The molecule has 5 rings (SSSR count). The molecule has 0 aliphatic carbocycles. The molecule has 0 bridgehead atoms. The molecule has 4 aromatic carbocycles. The van der Waals surface area contributed by atoms with Gasteiger partial charge in [-0.05, 0) is 72.5 Å². The quantitative estimate of drug-likeness (QED) is 0.282. The first-order chi connectivity index (χ1) is 16.3. The summed E-state index contributed by atoms with van der Waals surface area (Å²) in [5.41, 5.74) is 2.76. The molecule has 0 saturated heterocycles. The van der Waals surface area contributed by atoms with Gasteiger partial charge in [0.1, 0.15) is 5.75 Å². The number of amides is 1. The first kappa shape index (κ1) is 22.7. The van der Waals surface area contributed by atoms with Gasteiger partial charge in [-0.25, -0.2) is 0 Å². The lowest BCUT2D eigenvalue weighted by Crippen LogP contribution is -2.57. The average Bonchev–Trinajstić information content (AvgIpc) is 2.82. The largest absolute Gasteiger partial charge is 0.484 e. The van der Waals surface area contributed by atoms with Gasteiger partial charge in [-0.3, -0.25) is 4.79 Å². The molecule has 0 spiro atoms. The zero-order chi connectivity index (χ0) is 23.9. The van der Waals surface area contributed by atoms with Crippen molar-refractivity contribution in [1.82, 2.24) is 0 Å². The molecular weight excluding hydrogens is 486 g/mol. The molecule has 0 fully saturated rings. The number of rotatable bonds is 4. The van der Waals surface area contributed by atoms with Gasteiger partial charge in [-0.1, -0.05) is 83.5 Å². The minimum atomic E-state index is -0.389. The van der Waals surface area contributed by atoms with E-state index in [1.165, 1.54) is 5.56 Å². The van der Waals surface area contributed by atoms with E-state index in [0.717, 1.165) is 32.9 Å². The van der Waals surface area contributed by atoms with Gasteiger partial charge in [-0.15, -0.1) is 0 Å². The smallest absolute Gasteiger partial charge is 0.265 e. The Hall–Kier alpha value is -3.11. The summed E-state index contributed by atoms with van der Waals surface area (Å²) in [5, 5.41) is 2.25. The monoisotopic (exact) mass is 513 g/mol. The van der Waals surface area contributed by atoms with E-state index in [2.05, 4.69) is 91.3 Å². The highest BCUT2D eigenvalue weighted by molar-refractivity contribution is 9.10. The van der Waals surface area contributed by atoms with E-state index in [1.807, 2.05) is 41.3 Å². The molecule has 3 nitrogen and oxygen atoms in total. The van der Waals surface area contributed by atoms with Crippen molar-refractivity contribution in [3.8, 4) is 5.75 Å². The number of carbonyl (C=O) groups is 1. The third-order valence-electron chi connectivity index (χ3n) is 6.94. The SMILES string of the molecule is CC1(C)C[C@@](C)(c2ccc(Br)cc2)c2ccccc2N1C(=O)COc1ccc2ccccc2c1. The molecule has 4 aromatic rings. The molecule has 0 saturated carbocycles. The summed E-state index contributed by atoms with van der Waals surface area (Å²) in [6, 6.07) is 30.9. The average molecular weight is 514 g/mol. The Morgan fingerprint density at radius 1 is 0.882 bits per heavy atom. The van der Waals surface area contributed by atoms with Crippen LogP contribution in [0.5, 0.6) is 5.75 Å². The van der Waals surface area contributed by atoms with Gasteiger partial charge < -0.3 is 9.64 Å². The van der Waals surface area contributed by atoms with Crippen LogP contribution >= 0.6 is 15.9 Å². The molecule has 1 aliphatic heterocycles. The van der Waals surface area contributed by atoms with E-state index < -0.39 is 0 Å². The molecule has 0 unspecified atom stereocenters. The molecule has 0 aromatic heterocycles. The van der Waals surface area contributed by atoms with Crippen LogP contribution in [0.2, 0.25) is 0 Å². The van der Waals surface area contributed by atoms with E-state index in [0.29, 0.717) is 5.75 Å². The maximum absolute atomic E-state index is 13.6. The zero-order valence-corrected chi connectivity index (χ0v) is 21.3. The summed E-state index contributed by atoms with van der Waals surface area (Å²) >= 11 is 3.55. The normalized spacial score (nSPS) is 19.0. The molecule has 1 amide bonds. The van der Waals surface area contributed by atoms with Crippen molar-refractivity contribution in [2.24, 2.45) is 0 Å². The van der Waals surface area contributed by atoms with Crippen LogP contribution in [0, 0.1) is 0 Å². The van der Waals surface area contributed by atoms with Crippen LogP contribution in [-0.2, 0) is 10.2 Å². The third-order valence-corrected chi connectivity index (χ3v) is 7.47. The highest BCUT2D eigenvalue weighted by Gasteiger charge is 2.47. The summed E-state index contributed by atoms with van der Waals surface area (Å²) in [6.07, 6.45) is 0.806. The van der Waals surface area contributed by atoms with Gasteiger partial charge in [0.15, 0.2) is 6.61 Å². The second-order valence-corrected chi connectivity index (χ2v) is 10.8. The molecule has 1 atom stereocenters. The maximum atomic E-state index is 13.6. The fourth-order valence-corrected chi connectivity index (χ4v) is 5.78. The first-order valence-corrected chi connectivity index (χ1v) is 12.4. The van der Waals surface area contributed by atoms with Crippen LogP contribution in [0.25, 0.3) is 10.8 Å². The van der Waals surface area contributed by atoms with E-state index >= 15 is 0 Å². The number of anilines is 1. The number of nitrogens with zero attached hydrogens (tertiary/aromatic N) is 1. The lowest BCUT2D eigenvalue weighted by molar-refractivity contribution is -0.121. The lowest BCUT2D eigenvalue weighted by Gasteiger charge is -2.51. The highest BCUT2D eigenvalue weighted by atomic mass is 79.9. The van der Waals surface area contributed by atoms with Gasteiger partial charge in [0.2, 0.25) is 0 Å². The van der Waals surface area contributed by atoms with E-state index in [9.17, 15) is 4.79 Å². The summed E-state index contributed by atoms with van der Waals surface area (Å²) < 4.78 is 7.05. The second-order valence-electron chi connectivity index (χ2n) is 9.87. The predicted molar refractivity (Wildman–Crippen MR) is 143 cm³/mol. The minimum Gasteiger partial charge on any atom is -0.484 e. The van der Waals surface area contributed by atoms with Crippen LogP contribution in [0.3, 0.4) is 0 Å². The number of ether oxygens (including phenoxy) is 1. The lowest BCUT2D eigenvalue weighted by atomic mass is 9.65. The van der Waals surface area contributed by atoms with Crippen molar-refractivity contribution in [1.29, 1.82) is 0 Å². The Morgan fingerprint density at radius 3 is 2.32 bits per heavy atom. The van der Waals surface area contributed by atoms with Crippen molar-refractivity contribution in [3.05, 3.63) is 107 Å². The van der Waals surface area contributed by atoms with Crippen LogP contribution < -0.4 is 9.64 Å². The summed E-state index contributed by atoms with van der Waals surface area (Å²) in [5.74, 6) is 0.665. The predicted octanol–water partition coefficient (Wildman–Crippen LogP) is 7.50. The van der Waals surface area contributed by atoms with E-state index in [1.54, 1.807) is 0 Å². The molecule has 0 N–H and O–H groups in total. The van der Waals surface area contributed by atoms with Gasteiger partial charge in [0.05, 0.1) is 0 Å². The fourth-order valence-electron chi connectivity index (χ4n) is 5.51. The Balaban J connectivity index is 1.46. The topological polar surface area (TPSA) is 29.5 Å². The minimum absolute atomic E-state index is 0.00883. The van der Waals surface area contributed by atoms with Crippen LogP contribution in [0.1, 0.15) is 38.3 Å². The maximum Gasteiger partial charge on any atom is 0.265 e. The summed E-state index contributed by atoms with van der Waals surface area (Å²) in [7, 11) is 0. The van der Waals surface area contributed by atoms with E-state index in [4.69, 9.17) is 4.74 Å². The van der Waals surface area contributed by atoms with Gasteiger partial charge >= 0.3 is 0 Å². The number of halogens is 1. The molecule has 172 valence electrons. The van der Waals surface area contributed by atoms with Crippen LogP contribution in [-0.4, -0.2) is 18.1 Å². The zero-order valence-electron chi connectivity index (χ0n) is 19.7. The Morgan fingerprint density at radius 2 is 1.56 bits per heavy atom. The molecule has 1 heterocycles. The number of fused-ring (bicyclic) bond motifs is 2. The van der Waals surface area contributed by atoms with Crippen molar-refractivity contribution < 1.29 is 9.53 Å². The van der Waals surface area contributed by atoms with E-state index in [-0.39, 0.29) is 23.5 Å². The van der Waals surface area contributed by atoms with Crippen molar-refractivity contribution in [2.75, 3.05) is 11.5 Å². The third kappa shape index (κ3) is 4.01. The van der Waals surface area contributed by atoms with Crippen molar-refractivity contribution >= 4 is 38.3 Å². The Bertz CT molecular complexity index is 1360. The van der Waals surface area contributed by atoms with Crippen molar-refractivity contribution in [2.45, 2.75) is 38.1 Å². The number of hydrogen-bond acceptors (Lipinski definition) is 2. The van der Waals surface area contributed by atoms with Crippen LogP contribution in [0.4, 0.5) is 5.69 Å². The summed E-state index contributed by atoms with van der Waals surface area (Å²) in [4.78, 5) is 15.5. The number of hydrogen-bond donors (Lipinski definition) is 0. The Labute approximate surface area is 209 Å². The number of benzene rings is 4. The first-order valence-electron chi connectivity index (χ1n) is 11.6. The molecule has 34 heavy (non-hydrogen) atoms. The standard InChI is InChI=1S/C30H28BrNO2/c1-29(2)20-30(3,23-13-15-24(31)16-14-23)26-10-6-7-11-27(26)32(29)28(33)19-34-25-17-12-21-8-4-5-9-22(21)18-25/h4-18H,19-20H2,1-3H3/t30-/m0/s1. The second kappa shape index (κ2) is 8.59. The molecule has 0 radical (unpaired) electrons. The number of para-hydroxylation sites is 1. The van der Waals surface area contributed by atoms with Gasteiger partial charge in [0, 0.05) is 21.1 Å². The molecule has 4 heteroatoms. The summed E-state index contributed by atoms with van der Waals surface area (Å²) in [6.45, 7) is 6.57. The fraction of sp³-hybridized carbons (Fsp3) is 0.233. The van der Waals surface area contributed by atoms with Crippen molar-refractivity contribution in [3.63, 3.8) is 0 Å². The molecule has 1 aliphatic rings. The molecular formula is C30H28BrNO2. The highest BCUT2D eigenvalue weighted by Crippen LogP contribution is 2.50.